The summed E-state index contributed by atoms with van der Waals surface area (Å²) in [4.78, 5) is 3.42. The van der Waals surface area contributed by atoms with Crippen LogP contribution in [0.4, 0.5) is 13.8 Å². The van der Waals surface area contributed by atoms with Crippen molar-refractivity contribution < 1.29 is 8.78 Å². The van der Waals surface area contributed by atoms with Crippen LogP contribution in [-0.4, -0.2) is 13.1 Å². The van der Waals surface area contributed by atoms with Crippen LogP contribution in [0, 0.1) is 11.6 Å². The zero-order chi connectivity index (χ0) is 17.0. The van der Waals surface area contributed by atoms with E-state index >= 15 is 0 Å². The minimum absolute atomic E-state index is 0.326. The lowest BCUT2D eigenvalue weighted by molar-refractivity contribution is 0.592. The molecule has 0 bridgehead atoms. The second-order valence-electron chi connectivity index (χ2n) is 6.74. The highest BCUT2D eigenvalue weighted by atomic mass is 32.1. The van der Waals surface area contributed by atoms with Crippen LogP contribution < -0.4 is 4.90 Å². The molecule has 1 fully saturated rings. The molecule has 1 saturated heterocycles. The predicted molar refractivity (Wildman–Crippen MR) is 99.4 cm³/mol. The van der Waals surface area contributed by atoms with E-state index in [0.29, 0.717) is 17.5 Å². The molecule has 1 aliphatic heterocycles. The van der Waals surface area contributed by atoms with E-state index in [1.807, 2.05) is 18.2 Å². The Bertz CT molecular complexity index is 970. The summed E-state index contributed by atoms with van der Waals surface area (Å²) in [5, 5.41) is 1.16. The number of halogens is 2. The molecule has 2 aromatic carbocycles. The first-order chi connectivity index (χ1) is 12.2. The molecule has 0 amide bonds. The summed E-state index contributed by atoms with van der Waals surface area (Å²) in [5.74, 6) is -0.663. The number of anilines is 1. The molecule has 0 N–H and O–H groups in total. The van der Waals surface area contributed by atoms with Gasteiger partial charge in [0.15, 0.2) is 0 Å². The third-order valence-corrected chi connectivity index (χ3v) is 6.47. The minimum atomic E-state index is -0.337. The van der Waals surface area contributed by atoms with E-state index in [9.17, 15) is 8.78 Å². The van der Waals surface area contributed by atoms with Gasteiger partial charge in [0.05, 0.1) is 5.00 Å². The highest BCUT2D eigenvalue weighted by Crippen LogP contribution is 2.49. The molecule has 2 aliphatic rings. The Hall–Kier alpha value is -2.20. The third kappa shape index (κ3) is 2.31. The number of nitrogens with zero attached hydrogens (tertiary/aromatic N) is 1. The molecular weight excluding hydrogens is 336 g/mol. The fourth-order valence-electron chi connectivity index (χ4n) is 4.00. The number of fused-ring (bicyclic) bond motifs is 5. The Morgan fingerprint density at radius 2 is 1.64 bits per heavy atom. The van der Waals surface area contributed by atoms with Crippen LogP contribution in [0.1, 0.15) is 24.0 Å². The topological polar surface area (TPSA) is 3.24 Å². The van der Waals surface area contributed by atoms with Crippen LogP contribution in [0.25, 0.3) is 21.6 Å². The molecule has 0 saturated carbocycles. The SMILES string of the molecule is Fc1ccc(F)c2c1Cc1ccccc1-c1sc(N3CCCC3)cc1-2. The van der Waals surface area contributed by atoms with Crippen molar-refractivity contribution in [2.24, 2.45) is 0 Å². The summed E-state index contributed by atoms with van der Waals surface area (Å²) in [7, 11) is 0. The van der Waals surface area contributed by atoms with Gasteiger partial charge in [0.1, 0.15) is 11.6 Å². The van der Waals surface area contributed by atoms with Gasteiger partial charge in [-0.05, 0) is 42.2 Å². The van der Waals surface area contributed by atoms with Crippen molar-refractivity contribution in [1.29, 1.82) is 0 Å². The summed E-state index contributed by atoms with van der Waals surface area (Å²) >= 11 is 1.70. The van der Waals surface area contributed by atoms with E-state index in [1.54, 1.807) is 11.3 Å². The monoisotopic (exact) mass is 353 g/mol. The van der Waals surface area contributed by atoms with Gasteiger partial charge >= 0.3 is 0 Å². The molecule has 1 aliphatic carbocycles. The molecule has 4 heteroatoms. The Morgan fingerprint density at radius 1 is 0.880 bits per heavy atom. The molecule has 1 nitrogen and oxygen atoms in total. The molecule has 0 radical (unpaired) electrons. The summed E-state index contributed by atoms with van der Waals surface area (Å²) in [6.45, 7) is 2.08. The number of thiophene rings is 1. The fourth-order valence-corrected chi connectivity index (χ4v) is 5.28. The highest BCUT2D eigenvalue weighted by molar-refractivity contribution is 7.20. The zero-order valence-corrected chi connectivity index (χ0v) is 14.5. The Kier molecular flexibility index (Phi) is 3.42. The van der Waals surface area contributed by atoms with Gasteiger partial charge < -0.3 is 4.90 Å². The van der Waals surface area contributed by atoms with E-state index in [1.165, 1.54) is 25.0 Å². The van der Waals surface area contributed by atoms with Gasteiger partial charge in [0, 0.05) is 41.1 Å². The number of hydrogen-bond donors (Lipinski definition) is 0. The third-order valence-electron chi connectivity index (χ3n) is 5.24. The molecule has 5 rings (SSSR count). The maximum absolute atomic E-state index is 14.7. The summed E-state index contributed by atoms with van der Waals surface area (Å²) in [6, 6.07) is 12.6. The van der Waals surface area contributed by atoms with E-state index in [-0.39, 0.29) is 11.6 Å². The van der Waals surface area contributed by atoms with Gasteiger partial charge in [-0.2, -0.15) is 0 Å². The molecule has 0 spiro atoms. The van der Waals surface area contributed by atoms with Crippen molar-refractivity contribution in [2.75, 3.05) is 18.0 Å². The largest absolute Gasteiger partial charge is 0.363 e. The maximum atomic E-state index is 14.7. The quantitative estimate of drug-likeness (QED) is 0.414. The van der Waals surface area contributed by atoms with Crippen molar-refractivity contribution in [1.82, 2.24) is 0 Å². The van der Waals surface area contributed by atoms with E-state index in [0.717, 1.165) is 39.7 Å². The van der Waals surface area contributed by atoms with Crippen molar-refractivity contribution >= 4 is 16.3 Å². The number of rotatable bonds is 1. The summed E-state index contributed by atoms with van der Waals surface area (Å²) in [5.41, 5.74) is 3.90. The van der Waals surface area contributed by atoms with Crippen molar-refractivity contribution in [3.8, 4) is 21.6 Å². The predicted octanol–water partition coefficient (Wildman–Crippen LogP) is 5.86. The second kappa shape index (κ2) is 5.67. The first-order valence-corrected chi connectivity index (χ1v) is 9.48. The molecule has 1 aromatic heterocycles. The molecule has 3 aromatic rings. The second-order valence-corrected chi connectivity index (χ2v) is 7.77. The average molecular weight is 353 g/mol. The van der Waals surface area contributed by atoms with Crippen LogP contribution >= 0.6 is 11.3 Å². The smallest absolute Gasteiger partial charge is 0.131 e. The molecule has 0 unspecified atom stereocenters. The van der Waals surface area contributed by atoms with Crippen LogP contribution in [0.15, 0.2) is 42.5 Å². The standard InChI is InChI=1S/C21H17F2NS/c22-17-7-8-18(23)20-15(17)11-13-5-1-2-6-14(13)21-16(20)12-19(25-21)24-9-3-4-10-24/h1-2,5-8,12H,3-4,9-11H2. The molecule has 2 heterocycles. The molecule has 126 valence electrons. The van der Waals surface area contributed by atoms with Crippen LogP contribution in [0.2, 0.25) is 0 Å². The molecular formula is C21H17F2NS. The normalized spacial score (nSPS) is 15.5. The molecule has 25 heavy (non-hydrogen) atoms. The highest BCUT2D eigenvalue weighted by Gasteiger charge is 2.28. The van der Waals surface area contributed by atoms with Gasteiger partial charge in [0.2, 0.25) is 0 Å². The Balaban J connectivity index is 1.82. The lowest BCUT2D eigenvalue weighted by atomic mass is 9.97. The van der Waals surface area contributed by atoms with Gasteiger partial charge in [-0.25, -0.2) is 8.78 Å². The first-order valence-electron chi connectivity index (χ1n) is 8.66. The van der Waals surface area contributed by atoms with Gasteiger partial charge in [-0.15, -0.1) is 11.3 Å². The van der Waals surface area contributed by atoms with Crippen molar-refractivity contribution in [3.63, 3.8) is 0 Å². The van der Waals surface area contributed by atoms with Gasteiger partial charge in [-0.1, -0.05) is 24.3 Å². The first kappa shape index (κ1) is 15.1. The summed E-state index contributed by atoms with van der Waals surface area (Å²) < 4.78 is 29.3. The maximum Gasteiger partial charge on any atom is 0.131 e. The lowest BCUT2D eigenvalue weighted by Crippen LogP contribution is -2.15. The number of hydrogen-bond acceptors (Lipinski definition) is 2. The molecule has 0 atom stereocenters. The van der Waals surface area contributed by atoms with E-state index < -0.39 is 0 Å². The van der Waals surface area contributed by atoms with Gasteiger partial charge in [0.25, 0.3) is 0 Å². The number of benzene rings is 2. The fraction of sp³-hybridized carbons (Fsp3) is 0.238. The lowest BCUT2D eigenvalue weighted by Gasteiger charge is -2.14. The van der Waals surface area contributed by atoms with Crippen LogP contribution in [0.5, 0.6) is 0 Å². The average Bonchev–Trinajstić information content (AvgIpc) is 3.26. The summed E-state index contributed by atoms with van der Waals surface area (Å²) in [6.07, 6.45) is 2.81. The Labute approximate surface area is 149 Å². The van der Waals surface area contributed by atoms with Crippen LogP contribution in [-0.2, 0) is 6.42 Å². The van der Waals surface area contributed by atoms with Crippen molar-refractivity contribution in [3.05, 3.63) is 65.2 Å². The zero-order valence-electron chi connectivity index (χ0n) is 13.7. The van der Waals surface area contributed by atoms with Crippen molar-refractivity contribution in [2.45, 2.75) is 19.3 Å². The van der Waals surface area contributed by atoms with E-state index in [4.69, 9.17) is 0 Å². The van der Waals surface area contributed by atoms with E-state index in [2.05, 4.69) is 17.0 Å². The van der Waals surface area contributed by atoms with Gasteiger partial charge in [-0.3, -0.25) is 0 Å². The minimum Gasteiger partial charge on any atom is -0.363 e. The Morgan fingerprint density at radius 3 is 2.48 bits per heavy atom. The van der Waals surface area contributed by atoms with Crippen LogP contribution in [0.3, 0.4) is 0 Å².